The maximum Gasteiger partial charge on any atom is 0.341 e. The molecule has 25 heavy (non-hydrogen) atoms. The third-order valence-corrected chi connectivity index (χ3v) is 3.60. The van der Waals surface area contributed by atoms with Gasteiger partial charge in [-0.15, -0.1) is 0 Å². The molecule has 0 fully saturated rings. The number of nitrogens with zero attached hydrogens (tertiary/aromatic N) is 1. The fourth-order valence-electron chi connectivity index (χ4n) is 2.30. The molecule has 0 saturated heterocycles. The van der Waals surface area contributed by atoms with E-state index in [-0.39, 0.29) is 0 Å². The molecule has 134 valence electrons. The van der Waals surface area contributed by atoms with Crippen molar-refractivity contribution < 1.29 is 18.7 Å². The number of benzene rings is 1. The van der Waals surface area contributed by atoms with Gasteiger partial charge in [0, 0.05) is 26.6 Å². The van der Waals surface area contributed by atoms with Gasteiger partial charge in [-0.05, 0) is 29.8 Å². The smallest absolute Gasteiger partial charge is 0.341 e. The quantitative estimate of drug-likeness (QED) is 0.453. The number of aliphatic imine (C=N–C) groups is 1. The zero-order valence-corrected chi connectivity index (χ0v) is 14.7. The van der Waals surface area contributed by atoms with E-state index in [4.69, 9.17) is 13.9 Å². The lowest BCUT2D eigenvalue weighted by Crippen LogP contribution is -2.37. The number of methoxy groups -OCH3 is 2. The van der Waals surface area contributed by atoms with E-state index in [0.29, 0.717) is 30.4 Å². The molecule has 2 rings (SSSR count). The lowest BCUT2D eigenvalue weighted by molar-refractivity contribution is 0.0597. The molecular weight excluding hydrogens is 322 g/mol. The van der Waals surface area contributed by atoms with Crippen molar-refractivity contribution in [3.8, 4) is 5.75 Å². The third kappa shape index (κ3) is 5.27. The summed E-state index contributed by atoms with van der Waals surface area (Å²) in [5.74, 6) is 1.64. The molecule has 7 nitrogen and oxygen atoms in total. The standard InChI is InChI=1S/C18H23N3O4/c1-19-18(20-9-8-14-5-4-10-25-14)21-12-13-6-7-16(23-2)15(11-13)17(22)24-3/h4-7,10-11H,8-9,12H2,1-3H3,(H2,19,20,21). The highest BCUT2D eigenvalue weighted by molar-refractivity contribution is 5.92. The minimum atomic E-state index is -0.431. The first kappa shape index (κ1) is 18.4. The number of hydrogen-bond acceptors (Lipinski definition) is 5. The van der Waals surface area contributed by atoms with Gasteiger partial charge in [0.2, 0.25) is 0 Å². The molecule has 7 heteroatoms. The second kappa shape index (κ2) is 9.36. The molecular formula is C18H23N3O4. The molecule has 0 aliphatic rings. The van der Waals surface area contributed by atoms with E-state index in [9.17, 15) is 4.79 Å². The Morgan fingerprint density at radius 2 is 2.08 bits per heavy atom. The summed E-state index contributed by atoms with van der Waals surface area (Å²) in [7, 11) is 4.57. The molecule has 1 aromatic heterocycles. The average Bonchev–Trinajstić information content (AvgIpc) is 3.17. The Balaban J connectivity index is 1.91. The van der Waals surface area contributed by atoms with Crippen molar-refractivity contribution in [1.29, 1.82) is 0 Å². The molecule has 1 aromatic carbocycles. The van der Waals surface area contributed by atoms with Crippen LogP contribution in [0.5, 0.6) is 5.75 Å². The number of carbonyl (C=O) groups excluding carboxylic acids is 1. The van der Waals surface area contributed by atoms with E-state index < -0.39 is 5.97 Å². The van der Waals surface area contributed by atoms with Crippen LogP contribution in [0.3, 0.4) is 0 Å². The maximum absolute atomic E-state index is 11.8. The highest BCUT2D eigenvalue weighted by atomic mass is 16.5. The number of carbonyl (C=O) groups is 1. The van der Waals surface area contributed by atoms with E-state index in [0.717, 1.165) is 17.7 Å². The molecule has 0 radical (unpaired) electrons. The van der Waals surface area contributed by atoms with Crippen molar-refractivity contribution in [3.63, 3.8) is 0 Å². The minimum absolute atomic E-state index is 0.394. The first-order valence-electron chi connectivity index (χ1n) is 7.90. The molecule has 2 aromatic rings. The lowest BCUT2D eigenvalue weighted by atomic mass is 10.1. The van der Waals surface area contributed by atoms with Gasteiger partial charge in [0.25, 0.3) is 0 Å². The monoisotopic (exact) mass is 345 g/mol. The molecule has 0 saturated carbocycles. The zero-order valence-electron chi connectivity index (χ0n) is 14.7. The van der Waals surface area contributed by atoms with Gasteiger partial charge in [0.15, 0.2) is 5.96 Å². The predicted molar refractivity (Wildman–Crippen MR) is 94.9 cm³/mol. The van der Waals surface area contributed by atoms with Gasteiger partial charge in [-0.1, -0.05) is 6.07 Å². The largest absolute Gasteiger partial charge is 0.496 e. The van der Waals surface area contributed by atoms with Gasteiger partial charge in [-0.3, -0.25) is 4.99 Å². The van der Waals surface area contributed by atoms with Gasteiger partial charge in [-0.2, -0.15) is 0 Å². The van der Waals surface area contributed by atoms with Gasteiger partial charge < -0.3 is 24.5 Å². The molecule has 0 amide bonds. The van der Waals surface area contributed by atoms with Crippen LogP contribution < -0.4 is 15.4 Å². The zero-order chi connectivity index (χ0) is 18.1. The molecule has 0 aliphatic carbocycles. The van der Waals surface area contributed by atoms with E-state index in [1.54, 1.807) is 25.4 Å². The van der Waals surface area contributed by atoms with Crippen LogP contribution in [0.25, 0.3) is 0 Å². The lowest BCUT2D eigenvalue weighted by Gasteiger charge is -2.13. The van der Waals surface area contributed by atoms with Crippen molar-refractivity contribution in [2.24, 2.45) is 4.99 Å². The number of guanidine groups is 1. The SMILES string of the molecule is CN=C(NCCc1ccco1)NCc1ccc(OC)c(C(=O)OC)c1. The molecule has 0 bridgehead atoms. The Hall–Kier alpha value is -2.96. The number of ether oxygens (including phenoxy) is 2. The summed E-state index contributed by atoms with van der Waals surface area (Å²) >= 11 is 0. The van der Waals surface area contributed by atoms with Crippen molar-refractivity contribution in [2.45, 2.75) is 13.0 Å². The normalized spacial score (nSPS) is 11.1. The molecule has 0 aliphatic heterocycles. The van der Waals surface area contributed by atoms with Crippen LogP contribution in [0.1, 0.15) is 21.7 Å². The summed E-state index contributed by atoms with van der Waals surface area (Å²) in [6.07, 6.45) is 2.42. The molecule has 0 spiro atoms. The Kier molecular flexibility index (Phi) is 6.88. The number of hydrogen-bond donors (Lipinski definition) is 2. The van der Waals surface area contributed by atoms with Crippen molar-refractivity contribution in [2.75, 3.05) is 27.8 Å². The Bertz CT molecular complexity index is 711. The van der Waals surface area contributed by atoms with Crippen LogP contribution in [-0.4, -0.2) is 39.7 Å². The summed E-state index contributed by atoms with van der Waals surface area (Å²) < 4.78 is 15.3. The highest BCUT2D eigenvalue weighted by Gasteiger charge is 2.13. The van der Waals surface area contributed by atoms with Crippen molar-refractivity contribution in [3.05, 3.63) is 53.5 Å². The summed E-state index contributed by atoms with van der Waals surface area (Å²) in [6.45, 7) is 1.21. The average molecular weight is 345 g/mol. The summed E-state index contributed by atoms with van der Waals surface area (Å²) in [5.41, 5.74) is 1.31. The maximum atomic E-state index is 11.8. The van der Waals surface area contributed by atoms with E-state index in [1.807, 2.05) is 18.2 Å². The third-order valence-electron chi connectivity index (χ3n) is 3.60. The van der Waals surface area contributed by atoms with Gasteiger partial charge in [0.05, 0.1) is 20.5 Å². The van der Waals surface area contributed by atoms with Gasteiger partial charge in [0.1, 0.15) is 17.1 Å². The van der Waals surface area contributed by atoms with Crippen LogP contribution in [-0.2, 0) is 17.7 Å². The summed E-state index contributed by atoms with van der Waals surface area (Å²) in [4.78, 5) is 16.0. The van der Waals surface area contributed by atoms with Crippen LogP contribution in [0.4, 0.5) is 0 Å². The number of furan rings is 1. The van der Waals surface area contributed by atoms with Crippen LogP contribution in [0.2, 0.25) is 0 Å². The summed E-state index contributed by atoms with van der Waals surface area (Å²) in [6, 6.07) is 9.17. The van der Waals surface area contributed by atoms with E-state index >= 15 is 0 Å². The van der Waals surface area contributed by atoms with Crippen LogP contribution in [0, 0.1) is 0 Å². The van der Waals surface area contributed by atoms with Crippen LogP contribution >= 0.6 is 0 Å². The predicted octanol–water partition coefficient (Wildman–Crippen LogP) is 1.98. The summed E-state index contributed by atoms with van der Waals surface area (Å²) in [5, 5.41) is 6.41. The topological polar surface area (TPSA) is 85.1 Å². The van der Waals surface area contributed by atoms with Crippen LogP contribution in [0.15, 0.2) is 46.0 Å². The Morgan fingerprint density at radius 3 is 2.72 bits per heavy atom. The highest BCUT2D eigenvalue weighted by Crippen LogP contribution is 2.20. The Labute approximate surface area is 147 Å². The van der Waals surface area contributed by atoms with E-state index in [1.165, 1.54) is 14.2 Å². The van der Waals surface area contributed by atoms with Gasteiger partial charge in [-0.25, -0.2) is 4.79 Å². The first-order valence-corrected chi connectivity index (χ1v) is 7.90. The van der Waals surface area contributed by atoms with Crippen molar-refractivity contribution >= 4 is 11.9 Å². The second-order valence-corrected chi connectivity index (χ2v) is 5.21. The van der Waals surface area contributed by atoms with Crippen molar-refractivity contribution in [1.82, 2.24) is 10.6 Å². The number of esters is 1. The molecule has 1 heterocycles. The fraction of sp³-hybridized carbons (Fsp3) is 0.333. The Morgan fingerprint density at radius 1 is 1.24 bits per heavy atom. The molecule has 2 N–H and O–H groups in total. The number of nitrogens with one attached hydrogen (secondary N) is 2. The second-order valence-electron chi connectivity index (χ2n) is 5.21. The molecule has 0 unspecified atom stereocenters. The fourth-order valence-corrected chi connectivity index (χ4v) is 2.30. The number of rotatable bonds is 7. The first-order chi connectivity index (χ1) is 12.2. The van der Waals surface area contributed by atoms with Gasteiger partial charge >= 0.3 is 5.97 Å². The minimum Gasteiger partial charge on any atom is -0.496 e. The molecule has 0 atom stereocenters. The van der Waals surface area contributed by atoms with E-state index in [2.05, 4.69) is 15.6 Å².